The Morgan fingerprint density at radius 2 is 1.41 bits per heavy atom. The number of nitrogens with one attached hydrogen (secondary N) is 1. The molecule has 3 aromatic rings. The quantitative estimate of drug-likeness (QED) is 0.202. The smallest absolute Gasteiger partial charge is 0.223 e. The van der Waals surface area contributed by atoms with Crippen LogP contribution >= 0.6 is 0 Å². The van der Waals surface area contributed by atoms with E-state index in [0.29, 0.717) is 43.8 Å². The first-order chi connectivity index (χ1) is 25.8. The number of anilines is 1. The van der Waals surface area contributed by atoms with E-state index in [9.17, 15) is 28.8 Å². The predicted octanol–water partition coefficient (Wildman–Crippen LogP) is 7.00. The van der Waals surface area contributed by atoms with Crippen LogP contribution in [0.2, 0.25) is 0 Å². The maximum absolute atomic E-state index is 12.6. The van der Waals surface area contributed by atoms with Crippen LogP contribution in [0.25, 0.3) is 0 Å². The summed E-state index contributed by atoms with van der Waals surface area (Å²) in [5.41, 5.74) is 10.1. The van der Waals surface area contributed by atoms with Crippen LogP contribution in [0.1, 0.15) is 101 Å². The molecule has 3 aliphatic carbocycles. The number of nitrogen functional groups attached to an aromatic ring is 1. The average Bonchev–Trinajstić information content (AvgIpc) is 3.90. The van der Waals surface area contributed by atoms with Crippen LogP contribution in [-0.2, 0) is 48.0 Å². The number of nitrogens with two attached hydrogens (primary N) is 1. The van der Waals surface area contributed by atoms with Crippen molar-refractivity contribution in [2.75, 3.05) is 5.73 Å². The number of rotatable bonds is 12. The fourth-order valence-corrected chi connectivity index (χ4v) is 7.74. The van der Waals surface area contributed by atoms with Gasteiger partial charge in [-0.1, -0.05) is 66.7 Å². The molecule has 3 aliphatic rings. The first-order valence-corrected chi connectivity index (χ1v) is 19.5. The molecule has 54 heavy (non-hydrogen) atoms. The lowest BCUT2D eigenvalue weighted by Crippen LogP contribution is -2.41. The maximum Gasteiger partial charge on any atom is 0.223 e. The second kappa shape index (κ2) is 20.6. The first-order valence-electron chi connectivity index (χ1n) is 19.5. The Morgan fingerprint density at radius 1 is 0.778 bits per heavy atom. The SMILES string of the molecule is CC(=O)[C@@H]1CC(=O)[C@@H](Cc2ccccc2)C1.CC(=O)[C@H]1CCC(=O)C1.Cc1nc(N)ccc1CCC(=O)[C@H](C)NC(=O)[C@@H]1CC[C@@H](Cc2ccccc2)C1. The van der Waals surface area contributed by atoms with Gasteiger partial charge >= 0.3 is 0 Å². The van der Waals surface area contributed by atoms with Crippen LogP contribution in [-0.4, -0.2) is 45.8 Å². The highest BCUT2D eigenvalue weighted by molar-refractivity contribution is 5.92. The molecule has 2 aromatic carbocycles. The zero-order valence-electron chi connectivity index (χ0n) is 32.4. The zero-order chi connectivity index (χ0) is 39.2. The van der Waals surface area contributed by atoms with Crippen molar-refractivity contribution < 1.29 is 28.8 Å². The van der Waals surface area contributed by atoms with Gasteiger partial charge in [-0.2, -0.15) is 0 Å². The minimum atomic E-state index is -0.460. The number of ketones is 5. The molecule has 3 fully saturated rings. The van der Waals surface area contributed by atoms with Gasteiger partial charge in [0.05, 0.1) is 6.04 Å². The number of aromatic nitrogens is 1. The number of carbonyl (C=O) groups is 6. The van der Waals surface area contributed by atoms with E-state index in [1.807, 2.05) is 49.4 Å². The molecule has 0 spiro atoms. The number of carbonyl (C=O) groups excluding carboxylic acids is 6. The van der Waals surface area contributed by atoms with Crippen molar-refractivity contribution in [3.63, 3.8) is 0 Å². The second-order valence-electron chi connectivity index (χ2n) is 15.4. The van der Waals surface area contributed by atoms with Gasteiger partial charge in [-0.05, 0) is 108 Å². The number of benzene rings is 2. The fraction of sp³-hybridized carbons (Fsp3) is 0.489. The van der Waals surface area contributed by atoms with E-state index in [-0.39, 0.29) is 58.5 Å². The topological polar surface area (TPSA) is 153 Å². The molecule has 0 bridgehead atoms. The molecule has 6 rings (SSSR count). The lowest BCUT2D eigenvalue weighted by atomic mass is 9.95. The third-order valence-corrected chi connectivity index (χ3v) is 11.2. The van der Waals surface area contributed by atoms with Crippen molar-refractivity contribution in [3.8, 4) is 0 Å². The molecular formula is C45H57N3O6. The number of hydrogen-bond acceptors (Lipinski definition) is 8. The number of Topliss-reactive ketones (excluding diaryl/α,β-unsaturated/α-hetero) is 5. The largest absolute Gasteiger partial charge is 0.384 e. The van der Waals surface area contributed by atoms with E-state index in [4.69, 9.17) is 5.73 Å². The van der Waals surface area contributed by atoms with Gasteiger partial charge in [0.2, 0.25) is 5.91 Å². The van der Waals surface area contributed by atoms with E-state index in [2.05, 4.69) is 34.6 Å². The van der Waals surface area contributed by atoms with E-state index in [0.717, 1.165) is 56.2 Å². The number of amides is 1. The first kappa shape index (κ1) is 42.0. The maximum atomic E-state index is 12.6. The van der Waals surface area contributed by atoms with Gasteiger partial charge in [0.15, 0.2) is 5.78 Å². The highest BCUT2D eigenvalue weighted by Gasteiger charge is 2.35. The van der Waals surface area contributed by atoms with Crippen molar-refractivity contribution in [1.29, 1.82) is 0 Å². The molecule has 0 aliphatic heterocycles. The lowest BCUT2D eigenvalue weighted by Gasteiger charge is -2.17. The highest BCUT2D eigenvalue weighted by Crippen LogP contribution is 2.34. The normalized spacial score (nSPS) is 22.3. The molecule has 9 nitrogen and oxygen atoms in total. The standard InChI is InChI=1S/C24H31N3O2.C14H16O2.C7H10O2/c1-16-20(11-13-23(25)26-16)10-12-22(28)17(2)27-24(29)21-9-8-19(15-21)14-18-6-4-3-5-7-18;1-10(15)12-8-13(14(16)9-12)7-11-5-3-2-4-6-11;1-5(8)6-2-3-7(9)4-6/h3-7,11,13,17,19,21H,8-10,12,14-15H2,1-2H3,(H2,25,26)(H,27,29);2-6,12-13H,7-9H2,1H3;6H,2-4H2,1H3/t17-,19-,21+;12-,13-;6-/m000/s1. The molecule has 6 atom stereocenters. The molecule has 1 heterocycles. The Morgan fingerprint density at radius 3 is 1.94 bits per heavy atom. The molecular weight excluding hydrogens is 679 g/mol. The lowest BCUT2D eigenvalue weighted by molar-refractivity contribution is -0.129. The van der Waals surface area contributed by atoms with Gasteiger partial charge in [-0.3, -0.25) is 28.8 Å². The van der Waals surface area contributed by atoms with E-state index < -0.39 is 6.04 Å². The molecule has 0 unspecified atom stereocenters. The third kappa shape index (κ3) is 13.3. The summed E-state index contributed by atoms with van der Waals surface area (Å²) in [4.78, 5) is 73.6. The Kier molecular flexibility index (Phi) is 16.0. The molecule has 0 radical (unpaired) electrons. The third-order valence-electron chi connectivity index (χ3n) is 11.2. The monoisotopic (exact) mass is 735 g/mol. The van der Waals surface area contributed by atoms with Gasteiger partial charge in [0.1, 0.15) is 29.0 Å². The molecule has 1 aromatic heterocycles. The minimum absolute atomic E-state index is 0.0162. The summed E-state index contributed by atoms with van der Waals surface area (Å²) < 4.78 is 0. The second-order valence-corrected chi connectivity index (χ2v) is 15.4. The van der Waals surface area contributed by atoms with E-state index in [1.54, 1.807) is 26.8 Å². The summed E-state index contributed by atoms with van der Waals surface area (Å²) in [6, 6.07) is 23.7. The molecule has 3 N–H and O–H groups in total. The van der Waals surface area contributed by atoms with Crippen molar-refractivity contribution in [2.24, 2.45) is 29.6 Å². The van der Waals surface area contributed by atoms with Gasteiger partial charge in [-0.25, -0.2) is 4.98 Å². The summed E-state index contributed by atoms with van der Waals surface area (Å²) in [7, 11) is 0. The van der Waals surface area contributed by atoms with Crippen LogP contribution in [0.4, 0.5) is 5.82 Å². The van der Waals surface area contributed by atoms with Crippen LogP contribution in [0.5, 0.6) is 0 Å². The van der Waals surface area contributed by atoms with Gasteiger partial charge in [-0.15, -0.1) is 0 Å². The van der Waals surface area contributed by atoms with Crippen molar-refractivity contribution in [2.45, 2.75) is 111 Å². The van der Waals surface area contributed by atoms with Gasteiger partial charge in [0.25, 0.3) is 0 Å². The Labute approximate surface area is 320 Å². The number of pyridine rings is 1. The molecule has 0 saturated heterocycles. The number of hydrogen-bond donors (Lipinski definition) is 2. The Bertz CT molecular complexity index is 1760. The van der Waals surface area contributed by atoms with Crippen molar-refractivity contribution in [1.82, 2.24) is 10.3 Å². The summed E-state index contributed by atoms with van der Waals surface area (Å²) in [6.45, 7) is 6.82. The summed E-state index contributed by atoms with van der Waals surface area (Å²) in [5.74, 6) is 2.02. The number of aryl methyl sites for hydroxylation is 2. The summed E-state index contributed by atoms with van der Waals surface area (Å²) in [6.07, 6.45) is 8.76. The highest BCUT2D eigenvalue weighted by atomic mass is 16.2. The van der Waals surface area contributed by atoms with Crippen LogP contribution in [0.3, 0.4) is 0 Å². The molecule has 9 heteroatoms. The Hall–Kier alpha value is -4.79. The fourth-order valence-electron chi connectivity index (χ4n) is 7.74. The van der Waals surface area contributed by atoms with Crippen LogP contribution in [0, 0.1) is 36.5 Å². The minimum Gasteiger partial charge on any atom is -0.384 e. The van der Waals surface area contributed by atoms with Gasteiger partial charge < -0.3 is 11.1 Å². The van der Waals surface area contributed by atoms with Crippen LogP contribution in [0.15, 0.2) is 72.8 Å². The van der Waals surface area contributed by atoms with Crippen LogP contribution < -0.4 is 11.1 Å². The van der Waals surface area contributed by atoms with E-state index >= 15 is 0 Å². The average molecular weight is 736 g/mol. The Balaban J connectivity index is 0.000000215. The van der Waals surface area contributed by atoms with Crippen molar-refractivity contribution in [3.05, 3.63) is 95.2 Å². The van der Waals surface area contributed by atoms with Crippen molar-refractivity contribution >= 4 is 40.6 Å². The molecule has 1 amide bonds. The molecule has 3 saturated carbocycles. The summed E-state index contributed by atoms with van der Waals surface area (Å²) >= 11 is 0. The number of nitrogens with zero attached hydrogens (tertiary/aromatic N) is 1. The zero-order valence-corrected chi connectivity index (χ0v) is 32.4. The predicted molar refractivity (Wildman–Crippen MR) is 210 cm³/mol. The van der Waals surface area contributed by atoms with Gasteiger partial charge in [0, 0.05) is 55.0 Å². The van der Waals surface area contributed by atoms with E-state index in [1.165, 1.54) is 11.1 Å². The summed E-state index contributed by atoms with van der Waals surface area (Å²) in [5, 5.41) is 2.94. The molecule has 288 valence electrons.